The van der Waals surface area contributed by atoms with Crippen LogP contribution in [-0.2, 0) is 20.8 Å². The second-order valence-corrected chi connectivity index (χ2v) is 8.99. The minimum absolute atomic E-state index is 0.0200. The number of methoxy groups -OCH3 is 1. The number of nitrogens with zero attached hydrogens (tertiary/aromatic N) is 1. The largest absolute Gasteiger partial charge is 0.490 e. The molecule has 37 heavy (non-hydrogen) atoms. The zero-order valence-corrected chi connectivity index (χ0v) is 20.8. The standard InChI is InChI=1S/C25H27ClF4N2O5/c1-35-23(33)21-7-6-18(27)12-22(21)36-15-20(37-24(34)25(28,29)30)13-31-19-8-10-32(11-9-19)14-16-2-4-17(26)5-3-16/h2-7,12,19-20,31H,8-11,13-15H2,1H3/t20-/m1/s1. The molecular formula is C25H27ClF4N2O5. The van der Waals surface area contributed by atoms with Crippen LogP contribution < -0.4 is 10.1 Å². The van der Waals surface area contributed by atoms with Crippen LogP contribution in [0.2, 0.25) is 5.02 Å². The van der Waals surface area contributed by atoms with E-state index in [0.717, 1.165) is 63.3 Å². The number of halogens is 5. The zero-order chi connectivity index (χ0) is 27.0. The molecule has 0 spiro atoms. The lowest BCUT2D eigenvalue weighted by Crippen LogP contribution is -2.46. The van der Waals surface area contributed by atoms with Gasteiger partial charge in [-0.3, -0.25) is 4.90 Å². The molecule has 202 valence electrons. The number of ether oxygens (including phenoxy) is 3. The van der Waals surface area contributed by atoms with Crippen LogP contribution in [0.3, 0.4) is 0 Å². The topological polar surface area (TPSA) is 77.1 Å². The second-order valence-electron chi connectivity index (χ2n) is 8.55. The van der Waals surface area contributed by atoms with E-state index in [1.165, 1.54) is 0 Å². The molecule has 1 aliphatic heterocycles. The second kappa shape index (κ2) is 13.1. The van der Waals surface area contributed by atoms with E-state index in [4.69, 9.17) is 16.3 Å². The summed E-state index contributed by atoms with van der Waals surface area (Å²) in [6.07, 6.45) is -5.09. The average Bonchev–Trinajstić information content (AvgIpc) is 2.86. The molecule has 1 N–H and O–H groups in total. The van der Waals surface area contributed by atoms with Gasteiger partial charge < -0.3 is 19.5 Å². The number of rotatable bonds is 10. The predicted molar refractivity (Wildman–Crippen MR) is 127 cm³/mol. The van der Waals surface area contributed by atoms with Crippen molar-refractivity contribution >= 4 is 23.5 Å². The number of hydrogen-bond acceptors (Lipinski definition) is 7. The molecule has 0 aliphatic carbocycles. The number of carbonyl (C=O) groups is 2. The van der Waals surface area contributed by atoms with E-state index < -0.39 is 36.6 Å². The molecular weight excluding hydrogens is 520 g/mol. The third-order valence-electron chi connectivity index (χ3n) is 5.82. The monoisotopic (exact) mass is 546 g/mol. The lowest BCUT2D eigenvalue weighted by Gasteiger charge is -2.33. The highest BCUT2D eigenvalue weighted by Crippen LogP contribution is 2.23. The highest BCUT2D eigenvalue weighted by Gasteiger charge is 2.42. The van der Waals surface area contributed by atoms with Gasteiger partial charge in [-0.25, -0.2) is 14.0 Å². The normalized spacial score (nSPS) is 15.7. The van der Waals surface area contributed by atoms with Gasteiger partial charge in [-0.15, -0.1) is 0 Å². The Kier molecular flexibility index (Phi) is 10.1. The van der Waals surface area contributed by atoms with Crippen molar-refractivity contribution in [2.24, 2.45) is 0 Å². The van der Waals surface area contributed by atoms with E-state index in [1.54, 1.807) is 0 Å². The van der Waals surface area contributed by atoms with Gasteiger partial charge in [0.2, 0.25) is 0 Å². The summed E-state index contributed by atoms with van der Waals surface area (Å²) in [4.78, 5) is 25.6. The van der Waals surface area contributed by atoms with Crippen molar-refractivity contribution in [1.29, 1.82) is 0 Å². The van der Waals surface area contributed by atoms with Gasteiger partial charge in [0.25, 0.3) is 0 Å². The first kappa shape index (κ1) is 28.7. The number of hydrogen-bond donors (Lipinski definition) is 1. The van der Waals surface area contributed by atoms with Crippen molar-refractivity contribution in [3.05, 3.63) is 64.4 Å². The van der Waals surface area contributed by atoms with Crippen LogP contribution >= 0.6 is 11.6 Å². The maximum Gasteiger partial charge on any atom is 0.490 e. The summed E-state index contributed by atoms with van der Waals surface area (Å²) >= 11 is 5.92. The molecule has 2 aromatic rings. The van der Waals surface area contributed by atoms with E-state index in [1.807, 2.05) is 24.3 Å². The van der Waals surface area contributed by atoms with Gasteiger partial charge in [0.15, 0.2) is 0 Å². The van der Waals surface area contributed by atoms with Gasteiger partial charge in [-0.1, -0.05) is 23.7 Å². The van der Waals surface area contributed by atoms with Gasteiger partial charge in [-0.05, 0) is 55.8 Å². The van der Waals surface area contributed by atoms with Crippen LogP contribution in [0.4, 0.5) is 17.6 Å². The molecule has 1 saturated heterocycles. The molecule has 1 atom stereocenters. The van der Waals surface area contributed by atoms with Crippen LogP contribution in [0.15, 0.2) is 42.5 Å². The van der Waals surface area contributed by atoms with E-state index in [0.29, 0.717) is 5.02 Å². The molecule has 1 heterocycles. The fraction of sp³-hybridized carbons (Fsp3) is 0.440. The Morgan fingerprint density at radius 1 is 1.14 bits per heavy atom. The Labute approximate surface area is 216 Å². The van der Waals surface area contributed by atoms with Crippen molar-refractivity contribution in [3.8, 4) is 5.75 Å². The van der Waals surface area contributed by atoms with Gasteiger partial charge in [0.1, 0.15) is 29.8 Å². The zero-order valence-electron chi connectivity index (χ0n) is 20.0. The van der Waals surface area contributed by atoms with E-state index in [2.05, 4.69) is 19.7 Å². The van der Waals surface area contributed by atoms with Gasteiger partial charge >= 0.3 is 18.1 Å². The van der Waals surface area contributed by atoms with E-state index >= 15 is 0 Å². The summed E-state index contributed by atoms with van der Waals surface area (Å²) in [5, 5.41) is 3.79. The van der Waals surface area contributed by atoms with Crippen molar-refractivity contribution in [2.75, 3.05) is 33.4 Å². The SMILES string of the molecule is COC(=O)c1ccc(F)cc1OC[C@@H](CNC1CCN(Cc2ccc(Cl)cc2)CC1)OC(=O)C(F)(F)F. The number of piperidine rings is 1. The number of nitrogens with one attached hydrogen (secondary N) is 1. The summed E-state index contributed by atoms with van der Waals surface area (Å²) in [5.74, 6) is -4.15. The number of esters is 2. The maximum absolute atomic E-state index is 13.7. The fourth-order valence-corrected chi connectivity index (χ4v) is 4.00. The predicted octanol–water partition coefficient (Wildman–Crippen LogP) is 4.37. The summed E-state index contributed by atoms with van der Waals surface area (Å²) in [7, 11) is 1.12. The first-order valence-corrected chi connectivity index (χ1v) is 11.9. The quantitative estimate of drug-likeness (QED) is 0.350. The third kappa shape index (κ3) is 8.87. The molecule has 0 aromatic heterocycles. The van der Waals surface area contributed by atoms with E-state index in [-0.39, 0.29) is 23.9 Å². The number of alkyl halides is 3. The molecule has 0 bridgehead atoms. The van der Waals surface area contributed by atoms with Crippen molar-refractivity contribution in [2.45, 2.75) is 37.7 Å². The van der Waals surface area contributed by atoms with E-state index in [9.17, 15) is 27.2 Å². The molecule has 3 rings (SSSR count). The summed E-state index contributed by atoms with van der Waals surface area (Å²) < 4.78 is 66.8. The van der Waals surface area contributed by atoms with Crippen molar-refractivity contribution < 1.29 is 41.4 Å². The molecule has 0 amide bonds. The van der Waals surface area contributed by atoms with Crippen molar-refractivity contribution in [3.63, 3.8) is 0 Å². The Hall–Kier alpha value is -2.89. The summed E-state index contributed by atoms with van der Waals surface area (Å²) in [5.41, 5.74) is 1.00. The Balaban J connectivity index is 1.57. The maximum atomic E-state index is 13.7. The van der Waals surface area contributed by atoms with Crippen LogP contribution in [0, 0.1) is 5.82 Å². The molecule has 12 heteroatoms. The molecule has 1 fully saturated rings. The highest BCUT2D eigenvalue weighted by molar-refractivity contribution is 6.30. The summed E-state index contributed by atoms with van der Waals surface area (Å²) in [6.45, 7) is 1.59. The van der Waals surface area contributed by atoms with Gasteiger partial charge in [0.05, 0.1) is 7.11 Å². The fourth-order valence-electron chi connectivity index (χ4n) is 3.87. The lowest BCUT2D eigenvalue weighted by molar-refractivity contribution is -0.205. The van der Waals surface area contributed by atoms with Crippen LogP contribution in [0.1, 0.15) is 28.8 Å². The molecule has 1 aliphatic rings. The highest BCUT2D eigenvalue weighted by atomic mass is 35.5. The Morgan fingerprint density at radius 3 is 2.43 bits per heavy atom. The smallest absolute Gasteiger partial charge is 0.489 e. The molecule has 7 nitrogen and oxygen atoms in total. The molecule has 2 aromatic carbocycles. The van der Waals surface area contributed by atoms with Gasteiger partial charge in [-0.2, -0.15) is 13.2 Å². The van der Waals surface area contributed by atoms with Crippen molar-refractivity contribution in [1.82, 2.24) is 10.2 Å². The Morgan fingerprint density at radius 2 is 1.81 bits per heavy atom. The molecule has 0 saturated carbocycles. The van der Waals surface area contributed by atoms with Crippen LogP contribution in [0.5, 0.6) is 5.75 Å². The minimum Gasteiger partial charge on any atom is -0.489 e. The number of likely N-dealkylation sites (tertiary alicyclic amines) is 1. The number of benzene rings is 2. The van der Waals surface area contributed by atoms with Crippen LogP contribution in [-0.4, -0.2) is 68.5 Å². The van der Waals surface area contributed by atoms with Gasteiger partial charge in [0, 0.05) is 30.2 Å². The first-order valence-electron chi connectivity index (χ1n) is 11.5. The Bertz CT molecular complexity index is 1060. The van der Waals surface area contributed by atoms with Crippen LogP contribution in [0.25, 0.3) is 0 Å². The number of carbonyl (C=O) groups excluding carboxylic acids is 2. The first-order chi connectivity index (χ1) is 17.5. The average molecular weight is 547 g/mol. The minimum atomic E-state index is -5.19. The lowest BCUT2D eigenvalue weighted by atomic mass is 10.0. The molecule has 0 unspecified atom stereocenters. The molecule has 0 radical (unpaired) electrons. The summed E-state index contributed by atoms with van der Waals surface area (Å²) in [6, 6.07) is 10.6. The third-order valence-corrected chi connectivity index (χ3v) is 6.07.